The second-order valence-electron chi connectivity index (χ2n) is 7.02. The molecule has 9 heteroatoms. The highest BCUT2D eigenvalue weighted by Gasteiger charge is 2.20. The summed E-state index contributed by atoms with van der Waals surface area (Å²) in [5.41, 5.74) is 3.82. The van der Waals surface area contributed by atoms with E-state index in [4.69, 9.17) is 4.98 Å². The van der Waals surface area contributed by atoms with Crippen LogP contribution in [-0.2, 0) is 0 Å². The third-order valence-corrected chi connectivity index (χ3v) is 5.02. The van der Waals surface area contributed by atoms with Gasteiger partial charge in [-0.2, -0.15) is 15.1 Å². The van der Waals surface area contributed by atoms with Crippen LogP contribution in [0.1, 0.15) is 31.2 Å². The lowest BCUT2D eigenvalue weighted by atomic mass is 10.2. The van der Waals surface area contributed by atoms with Crippen LogP contribution in [0.5, 0.6) is 0 Å². The number of nitrogens with one attached hydrogen (secondary N) is 1. The summed E-state index contributed by atoms with van der Waals surface area (Å²) in [6.45, 7) is 3.99. The van der Waals surface area contributed by atoms with E-state index in [0.717, 1.165) is 43.5 Å². The number of hydrogen-bond donors (Lipinski definition) is 1. The standard InChI is InChI=1S/C19H23N7O2/c27-26(28)16-7-5-15(6-8-16)14-20-23-17-13-18(24-9-1-2-10-24)22-19(21-17)25-11-3-4-12-25/h5-8,13-14H,1-4,9-12H2,(H,21,22,23)/b20-14+. The van der Waals surface area contributed by atoms with Gasteiger partial charge in [0.25, 0.3) is 5.69 Å². The topological polar surface area (TPSA) is 99.8 Å². The molecule has 0 amide bonds. The maximum atomic E-state index is 10.7. The van der Waals surface area contributed by atoms with Gasteiger partial charge in [0.1, 0.15) is 5.82 Å². The predicted molar refractivity (Wildman–Crippen MR) is 109 cm³/mol. The van der Waals surface area contributed by atoms with Crippen LogP contribution in [0.4, 0.5) is 23.3 Å². The van der Waals surface area contributed by atoms with Crippen molar-refractivity contribution in [3.63, 3.8) is 0 Å². The van der Waals surface area contributed by atoms with E-state index < -0.39 is 4.92 Å². The minimum atomic E-state index is -0.417. The fourth-order valence-electron chi connectivity index (χ4n) is 3.50. The number of hydrazone groups is 1. The van der Waals surface area contributed by atoms with Crippen LogP contribution in [0.2, 0.25) is 0 Å². The number of hydrogen-bond acceptors (Lipinski definition) is 8. The highest BCUT2D eigenvalue weighted by Crippen LogP contribution is 2.25. The average Bonchev–Trinajstić information content (AvgIpc) is 3.42. The van der Waals surface area contributed by atoms with Crippen molar-refractivity contribution in [1.29, 1.82) is 0 Å². The third kappa shape index (κ3) is 4.19. The van der Waals surface area contributed by atoms with Crippen LogP contribution in [0.15, 0.2) is 35.4 Å². The summed E-state index contributed by atoms with van der Waals surface area (Å²) in [6.07, 6.45) is 6.32. The zero-order chi connectivity index (χ0) is 19.3. The number of aromatic nitrogens is 2. The molecule has 4 rings (SSSR count). The summed E-state index contributed by atoms with van der Waals surface area (Å²) in [7, 11) is 0. The SMILES string of the molecule is O=[N+]([O-])c1ccc(/C=N/Nc2cc(N3CCCC3)nc(N3CCCC3)n2)cc1. The molecule has 1 aromatic carbocycles. The van der Waals surface area contributed by atoms with Crippen molar-refractivity contribution in [2.24, 2.45) is 5.10 Å². The molecular formula is C19H23N7O2. The van der Waals surface area contributed by atoms with E-state index >= 15 is 0 Å². The summed E-state index contributed by atoms with van der Waals surface area (Å²) in [4.78, 5) is 24.2. The molecule has 146 valence electrons. The van der Waals surface area contributed by atoms with Gasteiger partial charge in [-0.25, -0.2) is 0 Å². The number of anilines is 3. The Morgan fingerprint density at radius 3 is 2.29 bits per heavy atom. The van der Waals surface area contributed by atoms with E-state index in [9.17, 15) is 10.1 Å². The molecule has 2 aliphatic heterocycles. The van der Waals surface area contributed by atoms with Crippen molar-refractivity contribution in [2.75, 3.05) is 41.4 Å². The van der Waals surface area contributed by atoms with E-state index in [1.54, 1.807) is 18.3 Å². The third-order valence-electron chi connectivity index (χ3n) is 5.02. The Hall–Kier alpha value is -3.23. The Kier molecular flexibility index (Phi) is 5.31. The van der Waals surface area contributed by atoms with Gasteiger partial charge < -0.3 is 9.80 Å². The zero-order valence-corrected chi connectivity index (χ0v) is 15.6. The van der Waals surface area contributed by atoms with Crippen LogP contribution >= 0.6 is 0 Å². The summed E-state index contributed by atoms with van der Waals surface area (Å²) in [6, 6.07) is 8.17. The van der Waals surface area contributed by atoms with Gasteiger partial charge in [-0.1, -0.05) is 0 Å². The molecular weight excluding hydrogens is 358 g/mol. The smallest absolute Gasteiger partial charge is 0.269 e. The normalized spacial score (nSPS) is 16.9. The highest BCUT2D eigenvalue weighted by molar-refractivity contribution is 5.80. The first kappa shape index (κ1) is 18.1. The summed E-state index contributed by atoms with van der Waals surface area (Å²) >= 11 is 0. The number of nitro groups is 1. The van der Waals surface area contributed by atoms with Crippen molar-refractivity contribution in [3.8, 4) is 0 Å². The summed E-state index contributed by atoms with van der Waals surface area (Å²) in [5.74, 6) is 2.33. The van der Waals surface area contributed by atoms with E-state index in [0.29, 0.717) is 5.82 Å². The Morgan fingerprint density at radius 1 is 1.00 bits per heavy atom. The van der Waals surface area contributed by atoms with Gasteiger partial charge in [-0.05, 0) is 43.4 Å². The second-order valence-corrected chi connectivity index (χ2v) is 7.02. The van der Waals surface area contributed by atoms with Gasteiger partial charge in [0.05, 0.1) is 11.1 Å². The first-order valence-corrected chi connectivity index (χ1v) is 9.61. The molecule has 0 aliphatic carbocycles. The fraction of sp³-hybridized carbons (Fsp3) is 0.421. The van der Waals surface area contributed by atoms with Crippen molar-refractivity contribution >= 4 is 29.5 Å². The number of non-ortho nitro benzene ring substituents is 1. The van der Waals surface area contributed by atoms with Crippen LogP contribution in [0.3, 0.4) is 0 Å². The molecule has 1 N–H and O–H groups in total. The largest absolute Gasteiger partial charge is 0.356 e. The van der Waals surface area contributed by atoms with E-state index in [2.05, 4.69) is 25.3 Å². The molecule has 0 saturated carbocycles. The number of nitro benzene ring substituents is 1. The number of nitrogens with zero attached hydrogens (tertiary/aromatic N) is 6. The molecule has 0 bridgehead atoms. The minimum absolute atomic E-state index is 0.0615. The molecule has 0 spiro atoms. The molecule has 0 unspecified atom stereocenters. The molecule has 3 heterocycles. The van der Waals surface area contributed by atoms with E-state index in [1.165, 1.54) is 37.8 Å². The van der Waals surface area contributed by atoms with E-state index in [1.807, 2.05) is 6.07 Å². The van der Waals surface area contributed by atoms with Gasteiger partial charge in [-0.3, -0.25) is 15.5 Å². The Morgan fingerprint density at radius 2 is 1.64 bits per heavy atom. The molecule has 2 saturated heterocycles. The van der Waals surface area contributed by atoms with Gasteiger partial charge in [0, 0.05) is 44.4 Å². The van der Waals surface area contributed by atoms with Crippen LogP contribution in [-0.4, -0.2) is 47.3 Å². The quantitative estimate of drug-likeness (QED) is 0.466. The highest BCUT2D eigenvalue weighted by atomic mass is 16.6. The zero-order valence-electron chi connectivity index (χ0n) is 15.6. The lowest BCUT2D eigenvalue weighted by molar-refractivity contribution is -0.384. The molecule has 1 aromatic heterocycles. The van der Waals surface area contributed by atoms with Crippen LogP contribution in [0, 0.1) is 10.1 Å². The molecule has 28 heavy (non-hydrogen) atoms. The Balaban J connectivity index is 1.51. The van der Waals surface area contributed by atoms with Crippen LogP contribution < -0.4 is 15.2 Å². The molecule has 0 radical (unpaired) electrons. The Bertz CT molecular complexity index is 823. The fourth-order valence-corrected chi connectivity index (χ4v) is 3.50. The molecule has 2 aliphatic rings. The second kappa shape index (κ2) is 8.20. The molecule has 2 fully saturated rings. The first-order valence-electron chi connectivity index (χ1n) is 9.61. The van der Waals surface area contributed by atoms with Crippen molar-refractivity contribution in [2.45, 2.75) is 25.7 Å². The molecule has 2 aromatic rings. The summed E-state index contributed by atoms with van der Waals surface area (Å²) in [5, 5.41) is 15.0. The minimum Gasteiger partial charge on any atom is -0.356 e. The van der Waals surface area contributed by atoms with E-state index in [-0.39, 0.29) is 5.69 Å². The maximum absolute atomic E-state index is 10.7. The van der Waals surface area contributed by atoms with Crippen molar-refractivity contribution in [1.82, 2.24) is 9.97 Å². The van der Waals surface area contributed by atoms with Crippen LogP contribution in [0.25, 0.3) is 0 Å². The average molecular weight is 381 g/mol. The molecule has 9 nitrogen and oxygen atoms in total. The van der Waals surface area contributed by atoms with Crippen molar-refractivity contribution < 1.29 is 4.92 Å². The van der Waals surface area contributed by atoms with Gasteiger partial charge >= 0.3 is 0 Å². The number of rotatable bonds is 6. The first-order chi connectivity index (χ1) is 13.7. The Labute approximate surface area is 163 Å². The lowest BCUT2D eigenvalue weighted by Gasteiger charge is -2.21. The number of benzene rings is 1. The monoisotopic (exact) mass is 381 g/mol. The maximum Gasteiger partial charge on any atom is 0.269 e. The predicted octanol–water partition coefficient (Wildman–Crippen LogP) is 3.03. The van der Waals surface area contributed by atoms with Gasteiger partial charge in [0.15, 0.2) is 5.82 Å². The molecule has 0 atom stereocenters. The lowest BCUT2D eigenvalue weighted by Crippen LogP contribution is -2.24. The summed E-state index contributed by atoms with van der Waals surface area (Å²) < 4.78 is 0. The van der Waals surface area contributed by atoms with Gasteiger partial charge in [-0.15, -0.1) is 0 Å². The van der Waals surface area contributed by atoms with Crippen molar-refractivity contribution in [3.05, 3.63) is 46.0 Å². The van der Waals surface area contributed by atoms with Gasteiger partial charge in [0.2, 0.25) is 5.95 Å².